The lowest BCUT2D eigenvalue weighted by Crippen LogP contribution is -2.36. The molecule has 0 bridgehead atoms. The van der Waals surface area contributed by atoms with Crippen molar-refractivity contribution in [3.63, 3.8) is 0 Å². The van der Waals surface area contributed by atoms with E-state index in [9.17, 15) is 4.79 Å². The Morgan fingerprint density at radius 2 is 2.03 bits per heavy atom. The van der Waals surface area contributed by atoms with Gasteiger partial charge in [-0.1, -0.05) is 17.7 Å². The summed E-state index contributed by atoms with van der Waals surface area (Å²) in [4.78, 5) is 19.5. The molecule has 0 spiro atoms. The van der Waals surface area contributed by atoms with Gasteiger partial charge in [-0.05, 0) is 41.0 Å². The number of halogens is 1. The van der Waals surface area contributed by atoms with Crippen LogP contribution in [0.3, 0.4) is 0 Å². The third-order valence-corrected chi connectivity index (χ3v) is 6.31. The molecule has 1 atom stereocenters. The van der Waals surface area contributed by atoms with Gasteiger partial charge in [0.15, 0.2) is 0 Å². The van der Waals surface area contributed by atoms with Crippen molar-refractivity contribution < 1.29 is 14.3 Å². The van der Waals surface area contributed by atoms with Crippen LogP contribution in [0.2, 0.25) is 5.02 Å². The Bertz CT molecular complexity index is 1280. The number of carbonyl (C=O) groups excluding carboxylic acids is 1. The second kappa shape index (κ2) is 7.50. The first kappa shape index (κ1) is 19.8. The first-order chi connectivity index (χ1) is 15.0. The number of hydrogen-bond acceptors (Lipinski definition) is 6. The van der Waals surface area contributed by atoms with E-state index in [1.54, 1.807) is 30.1 Å². The molecular formula is C23H19ClN4O3. The summed E-state index contributed by atoms with van der Waals surface area (Å²) in [6, 6.07) is 10.8. The van der Waals surface area contributed by atoms with Crippen molar-refractivity contribution >= 4 is 34.2 Å². The zero-order chi connectivity index (χ0) is 21.7. The molecule has 2 aliphatic rings. The number of carbonyl (C=O) groups is 1. The molecule has 7 nitrogen and oxygen atoms in total. The molecule has 5 rings (SSSR count). The number of likely N-dealkylation sites (N-methyl/N-ethyl adjacent to an activating group) is 1. The summed E-state index contributed by atoms with van der Waals surface area (Å²) >= 11 is 6.50. The number of nitrogen functional groups attached to an aromatic ring is 1. The number of hydrogen-bond donors (Lipinski definition) is 1. The van der Waals surface area contributed by atoms with Gasteiger partial charge < -0.3 is 20.1 Å². The molecule has 2 aliphatic heterocycles. The molecule has 31 heavy (non-hydrogen) atoms. The number of nitrogens with zero attached hydrogens (tertiary/aromatic N) is 3. The summed E-state index contributed by atoms with van der Waals surface area (Å²) < 4.78 is 11.3. The van der Waals surface area contributed by atoms with Crippen LogP contribution in [0.15, 0.2) is 30.3 Å². The Morgan fingerprint density at radius 3 is 2.84 bits per heavy atom. The largest absolute Gasteiger partial charge is 0.383 e. The number of benzene rings is 2. The van der Waals surface area contributed by atoms with Crippen LogP contribution in [0.25, 0.3) is 10.9 Å². The monoisotopic (exact) mass is 434 g/mol. The summed E-state index contributed by atoms with van der Waals surface area (Å²) in [6.45, 7) is 1.62. The van der Waals surface area contributed by atoms with Crippen LogP contribution in [-0.4, -0.2) is 29.4 Å². The second-order valence-corrected chi connectivity index (χ2v) is 8.18. The molecule has 0 saturated heterocycles. The molecule has 1 amide bonds. The Hall–Kier alpha value is -3.18. The molecular weight excluding hydrogens is 416 g/mol. The van der Waals surface area contributed by atoms with Gasteiger partial charge in [-0.3, -0.25) is 4.79 Å². The van der Waals surface area contributed by atoms with Gasteiger partial charge >= 0.3 is 0 Å². The maximum absolute atomic E-state index is 13.5. The topological polar surface area (TPSA) is 101 Å². The fourth-order valence-corrected chi connectivity index (χ4v) is 4.54. The molecule has 3 heterocycles. The van der Waals surface area contributed by atoms with E-state index in [2.05, 4.69) is 11.1 Å². The highest BCUT2D eigenvalue weighted by molar-refractivity contribution is 6.34. The fraction of sp³-hybridized carbons (Fsp3) is 0.261. The Kier molecular flexibility index (Phi) is 4.78. The molecule has 156 valence electrons. The van der Waals surface area contributed by atoms with Gasteiger partial charge in [-0.25, -0.2) is 4.98 Å². The van der Waals surface area contributed by atoms with Crippen molar-refractivity contribution in [2.45, 2.75) is 25.9 Å². The molecule has 0 saturated carbocycles. The molecule has 1 aromatic heterocycles. The standard InChI is InChI=1S/C23H19ClN4O3/c1-28(21-11-30-8-13-4-12(7-25)2-3-14(13)21)23(29)16-5-15-17-9-31-10-18(17)22(26)27-20(15)6-19(16)24/h2-6,21H,8-11H2,1H3,(H2,26,27)/t21-/m1/s1. The zero-order valence-corrected chi connectivity index (χ0v) is 17.6. The van der Waals surface area contributed by atoms with Crippen molar-refractivity contribution in [2.75, 3.05) is 19.4 Å². The number of nitriles is 1. The number of pyridine rings is 1. The summed E-state index contributed by atoms with van der Waals surface area (Å²) in [6.07, 6.45) is 0. The smallest absolute Gasteiger partial charge is 0.255 e. The average Bonchev–Trinajstić information content (AvgIpc) is 3.28. The van der Waals surface area contributed by atoms with Crippen molar-refractivity contribution in [3.05, 3.63) is 68.7 Å². The van der Waals surface area contributed by atoms with Gasteiger partial charge in [0.25, 0.3) is 5.91 Å². The van der Waals surface area contributed by atoms with E-state index >= 15 is 0 Å². The highest BCUT2D eigenvalue weighted by Gasteiger charge is 2.30. The van der Waals surface area contributed by atoms with Crippen LogP contribution in [-0.2, 0) is 29.3 Å². The summed E-state index contributed by atoms with van der Waals surface area (Å²) in [5.74, 6) is 0.210. The summed E-state index contributed by atoms with van der Waals surface area (Å²) in [5.41, 5.74) is 11.3. The van der Waals surface area contributed by atoms with E-state index in [1.165, 1.54) is 0 Å². The molecule has 2 aromatic carbocycles. The quantitative estimate of drug-likeness (QED) is 0.659. The van der Waals surface area contributed by atoms with E-state index in [0.29, 0.717) is 53.9 Å². The Balaban J connectivity index is 1.55. The minimum absolute atomic E-state index is 0.220. The lowest BCUT2D eigenvalue weighted by Gasteiger charge is -2.33. The van der Waals surface area contributed by atoms with Gasteiger partial charge in [-0.15, -0.1) is 0 Å². The minimum Gasteiger partial charge on any atom is -0.383 e. The van der Waals surface area contributed by atoms with Crippen LogP contribution < -0.4 is 5.73 Å². The van der Waals surface area contributed by atoms with Crippen LogP contribution in [0.1, 0.15) is 44.2 Å². The molecule has 0 radical (unpaired) electrons. The SMILES string of the molecule is CN(C(=O)c1cc2c3c(c(N)nc2cc1Cl)COC3)[C@@H]1COCc2cc(C#N)ccc21. The Labute approximate surface area is 183 Å². The van der Waals surface area contributed by atoms with Crippen LogP contribution >= 0.6 is 11.6 Å². The predicted molar refractivity (Wildman–Crippen MR) is 115 cm³/mol. The van der Waals surface area contributed by atoms with Gasteiger partial charge in [-0.2, -0.15) is 5.26 Å². The second-order valence-electron chi connectivity index (χ2n) is 7.77. The molecule has 0 aliphatic carbocycles. The van der Waals surface area contributed by atoms with Gasteiger partial charge in [0, 0.05) is 18.0 Å². The number of rotatable bonds is 2. The summed E-state index contributed by atoms with van der Waals surface area (Å²) in [5, 5.41) is 10.3. The maximum Gasteiger partial charge on any atom is 0.255 e. The normalized spacial score (nSPS) is 17.1. The van der Waals surface area contributed by atoms with Gasteiger partial charge in [0.2, 0.25) is 0 Å². The highest BCUT2D eigenvalue weighted by atomic mass is 35.5. The van der Waals surface area contributed by atoms with E-state index in [4.69, 9.17) is 32.1 Å². The minimum atomic E-state index is -0.283. The number of amides is 1. The lowest BCUT2D eigenvalue weighted by molar-refractivity contribution is 0.0346. The zero-order valence-electron chi connectivity index (χ0n) is 16.8. The van der Waals surface area contributed by atoms with E-state index in [-0.39, 0.29) is 11.9 Å². The van der Waals surface area contributed by atoms with E-state index in [0.717, 1.165) is 27.6 Å². The van der Waals surface area contributed by atoms with Gasteiger partial charge in [0.1, 0.15) is 5.82 Å². The van der Waals surface area contributed by atoms with E-state index < -0.39 is 0 Å². The van der Waals surface area contributed by atoms with Crippen molar-refractivity contribution in [1.29, 1.82) is 5.26 Å². The number of aromatic nitrogens is 1. The van der Waals surface area contributed by atoms with E-state index in [1.807, 2.05) is 12.1 Å². The van der Waals surface area contributed by atoms with Crippen LogP contribution in [0.4, 0.5) is 5.82 Å². The van der Waals surface area contributed by atoms with Crippen molar-refractivity contribution in [3.8, 4) is 6.07 Å². The fourth-order valence-electron chi connectivity index (χ4n) is 4.30. The summed E-state index contributed by atoms with van der Waals surface area (Å²) in [7, 11) is 1.74. The molecule has 0 fully saturated rings. The van der Waals surface area contributed by atoms with Crippen LogP contribution in [0, 0.1) is 11.3 Å². The third-order valence-electron chi connectivity index (χ3n) is 6.00. The third kappa shape index (κ3) is 3.20. The van der Waals surface area contributed by atoms with Crippen molar-refractivity contribution in [1.82, 2.24) is 9.88 Å². The molecule has 8 heteroatoms. The number of ether oxygens (including phenoxy) is 2. The van der Waals surface area contributed by atoms with Crippen molar-refractivity contribution in [2.24, 2.45) is 0 Å². The number of nitrogens with two attached hydrogens (primary N) is 1. The maximum atomic E-state index is 13.5. The first-order valence-corrected chi connectivity index (χ1v) is 10.2. The first-order valence-electron chi connectivity index (χ1n) is 9.84. The Morgan fingerprint density at radius 1 is 1.23 bits per heavy atom. The number of fused-ring (bicyclic) bond motifs is 4. The van der Waals surface area contributed by atoms with Crippen LogP contribution in [0.5, 0.6) is 0 Å². The van der Waals surface area contributed by atoms with Gasteiger partial charge in [0.05, 0.1) is 60.2 Å². The highest BCUT2D eigenvalue weighted by Crippen LogP contribution is 2.36. The molecule has 0 unspecified atom stereocenters. The molecule has 3 aromatic rings. The number of anilines is 1. The molecule has 2 N–H and O–H groups in total. The predicted octanol–water partition coefficient (Wildman–Crippen LogP) is 3.72. The average molecular weight is 435 g/mol. The lowest BCUT2D eigenvalue weighted by atomic mass is 9.95.